The number of aryl methyl sites for hydroxylation is 1. The largest absolute Gasteiger partial charge is 0.397 e. The number of rotatable bonds is 15. The lowest BCUT2D eigenvalue weighted by molar-refractivity contribution is -0.245. The zero-order chi connectivity index (χ0) is 36.3. The molecule has 1 aliphatic heterocycles. The van der Waals surface area contributed by atoms with Crippen LogP contribution < -0.4 is 16.4 Å². The van der Waals surface area contributed by atoms with E-state index >= 15 is 0 Å². The fourth-order valence-electron chi connectivity index (χ4n) is 5.99. The summed E-state index contributed by atoms with van der Waals surface area (Å²) in [5.41, 5.74) is 12.8. The van der Waals surface area contributed by atoms with Crippen LogP contribution >= 0.6 is 11.8 Å². The highest BCUT2D eigenvalue weighted by atomic mass is 32.2. The third kappa shape index (κ3) is 9.82. The Hall–Kier alpha value is -5.08. The van der Waals surface area contributed by atoms with Gasteiger partial charge in [0.2, 0.25) is 17.0 Å². The number of tetrazole rings is 1. The number of para-hydroxylation sites is 2. The van der Waals surface area contributed by atoms with Gasteiger partial charge in [-0.1, -0.05) is 96.7 Å². The number of nitrogens with one attached hydrogen (secondary N) is 2. The number of unbranched alkanes of at least 4 members (excludes halogenated alkanes) is 1. The molecule has 270 valence electrons. The molecule has 3 atom stereocenters. The summed E-state index contributed by atoms with van der Waals surface area (Å²) in [6.45, 7) is 0.370. The molecule has 0 radical (unpaired) electrons. The highest BCUT2D eigenvalue weighted by Crippen LogP contribution is 2.40. The number of nitrogen functional groups attached to an aromatic ring is 1. The molecule has 13 heteroatoms. The molecule has 0 saturated carbocycles. The van der Waals surface area contributed by atoms with E-state index in [2.05, 4.69) is 26.2 Å². The standard InChI is InChI=1S/C39H43N7O5S/c1-46-39(43-44-45-46)52-25-31-22-35(28-16-14-26(24-47)15-17-28)51-38(50-31)29-20-18-27(19-21-29)32-9-3-2-8-30(32)23-41-36(48)12-6-7-13-37(49)42-34-11-5-4-10-33(34)40/h2-5,8-11,14-21,31,35,38,47H,6-7,12-13,22-25,40H2,1H3,(H,41,48)(H,42,49)/t31-,35+,38+/m0/s1. The second-order valence-corrected chi connectivity index (χ2v) is 13.6. The van der Waals surface area contributed by atoms with Crippen LogP contribution in [-0.4, -0.2) is 49.0 Å². The van der Waals surface area contributed by atoms with E-state index in [1.54, 1.807) is 16.8 Å². The van der Waals surface area contributed by atoms with Crippen molar-refractivity contribution in [3.8, 4) is 11.1 Å². The van der Waals surface area contributed by atoms with E-state index in [0.29, 0.717) is 60.9 Å². The average Bonchev–Trinajstić information content (AvgIpc) is 3.60. The second-order valence-electron chi connectivity index (χ2n) is 12.6. The second kappa shape index (κ2) is 17.9. The number of thioether (sulfide) groups is 1. The van der Waals surface area contributed by atoms with Crippen LogP contribution in [0.1, 0.15) is 66.8 Å². The molecule has 0 bridgehead atoms. The number of benzene rings is 4. The van der Waals surface area contributed by atoms with Crippen LogP contribution in [-0.2, 0) is 39.3 Å². The fraction of sp³-hybridized carbons (Fsp3) is 0.308. The molecule has 0 unspecified atom stereocenters. The van der Waals surface area contributed by atoms with E-state index in [1.165, 1.54) is 11.8 Å². The molecule has 1 fully saturated rings. The number of aromatic nitrogens is 4. The normalized spacial score (nSPS) is 17.1. The Labute approximate surface area is 307 Å². The van der Waals surface area contributed by atoms with Crippen molar-refractivity contribution in [2.24, 2.45) is 7.05 Å². The van der Waals surface area contributed by atoms with Gasteiger partial charge in [0.25, 0.3) is 0 Å². The van der Waals surface area contributed by atoms with Crippen LogP contribution in [0, 0.1) is 0 Å². The molecular formula is C39H43N7O5S. The molecule has 1 aromatic heterocycles. The summed E-state index contributed by atoms with van der Waals surface area (Å²) in [4.78, 5) is 25.0. The summed E-state index contributed by atoms with van der Waals surface area (Å²) in [6.07, 6.45) is 1.58. The van der Waals surface area contributed by atoms with Crippen molar-refractivity contribution >= 4 is 35.0 Å². The predicted octanol–water partition coefficient (Wildman–Crippen LogP) is 6.10. The Morgan fingerprint density at radius 3 is 2.35 bits per heavy atom. The van der Waals surface area contributed by atoms with Crippen molar-refractivity contribution in [3.63, 3.8) is 0 Å². The van der Waals surface area contributed by atoms with E-state index in [1.807, 2.05) is 92.0 Å². The number of hydrogen-bond donors (Lipinski definition) is 4. The zero-order valence-corrected chi connectivity index (χ0v) is 29.8. The zero-order valence-electron chi connectivity index (χ0n) is 29.0. The maximum Gasteiger partial charge on any atom is 0.224 e. The Morgan fingerprint density at radius 1 is 0.904 bits per heavy atom. The number of aliphatic hydroxyl groups excluding tert-OH is 1. The molecule has 0 aliphatic carbocycles. The molecule has 5 aromatic rings. The van der Waals surface area contributed by atoms with Crippen molar-refractivity contribution < 1.29 is 24.2 Å². The minimum absolute atomic E-state index is 0.0155. The van der Waals surface area contributed by atoms with E-state index in [-0.39, 0.29) is 30.6 Å². The third-order valence-corrected chi connectivity index (χ3v) is 10.0. The fourth-order valence-corrected chi connectivity index (χ4v) is 6.85. The molecule has 5 N–H and O–H groups in total. The first-order valence-electron chi connectivity index (χ1n) is 17.3. The Balaban J connectivity index is 1.05. The van der Waals surface area contributed by atoms with Crippen LogP contribution in [0.15, 0.2) is 102 Å². The number of aliphatic hydroxyl groups is 1. The number of anilines is 2. The molecule has 1 aliphatic rings. The van der Waals surface area contributed by atoms with Gasteiger partial charge < -0.3 is 30.9 Å². The first kappa shape index (κ1) is 36.7. The van der Waals surface area contributed by atoms with Crippen LogP contribution in [0.25, 0.3) is 11.1 Å². The van der Waals surface area contributed by atoms with E-state index in [4.69, 9.17) is 15.2 Å². The number of carbonyl (C=O) groups excluding carboxylic acids is 2. The number of amides is 2. The smallest absolute Gasteiger partial charge is 0.224 e. The number of carbonyl (C=O) groups is 2. The van der Waals surface area contributed by atoms with Crippen LogP contribution in [0.2, 0.25) is 0 Å². The van der Waals surface area contributed by atoms with E-state index < -0.39 is 6.29 Å². The topological polar surface area (TPSA) is 167 Å². The molecule has 2 heterocycles. The van der Waals surface area contributed by atoms with Gasteiger partial charge in [0.1, 0.15) is 0 Å². The Morgan fingerprint density at radius 2 is 1.62 bits per heavy atom. The summed E-state index contributed by atoms with van der Waals surface area (Å²) in [6, 6.07) is 31.1. The lowest BCUT2D eigenvalue weighted by Gasteiger charge is -2.36. The molecule has 1 saturated heterocycles. The van der Waals surface area contributed by atoms with Gasteiger partial charge >= 0.3 is 0 Å². The van der Waals surface area contributed by atoms with Gasteiger partial charge in [-0.25, -0.2) is 4.68 Å². The minimum Gasteiger partial charge on any atom is -0.397 e. The van der Waals surface area contributed by atoms with Crippen molar-refractivity contribution in [1.29, 1.82) is 0 Å². The molecule has 12 nitrogen and oxygen atoms in total. The highest BCUT2D eigenvalue weighted by Gasteiger charge is 2.32. The Bertz CT molecular complexity index is 1940. The molecule has 0 spiro atoms. The lowest BCUT2D eigenvalue weighted by atomic mass is 9.97. The summed E-state index contributed by atoms with van der Waals surface area (Å²) in [7, 11) is 1.81. The van der Waals surface area contributed by atoms with Gasteiger partial charge in [-0.2, -0.15) is 0 Å². The van der Waals surface area contributed by atoms with Gasteiger partial charge in [-0.15, -0.1) is 5.10 Å². The SMILES string of the molecule is Cn1nnnc1SC[C@@H]1C[C@H](c2ccc(CO)cc2)O[C@H](c2ccc(-c3ccccc3CNC(=O)CCCCC(=O)Nc3ccccc3N)cc2)O1. The molecule has 2 amide bonds. The number of nitrogens with zero attached hydrogens (tertiary/aromatic N) is 4. The first-order chi connectivity index (χ1) is 25.4. The molecular weight excluding hydrogens is 679 g/mol. The minimum atomic E-state index is -0.592. The number of hydrogen-bond acceptors (Lipinski definition) is 10. The van der Waals surface area contributed by atoms with E-state index in [0.717, 1.165) is 33.4 Å². The quantitative estimate of drug-likeness (QED) is 0.0563. The molecule has 4 aromatic carbocycles. The maximum absolute atomic E-state index is 12.7. The third-order valence-electron chi connectivity index (χ3n) is 8.87. The summed E-state index contributed by atoms with van der Waals surface area (Å²) < 4.78 is 14.7. The first-order valence-corrected chi connectivity index (χ1v) is 18.3. The van der Waals surface area contributed by atoms with Crippen molar-refractivity contribution in [2.75, 3.05) is 16.8 Å². The van der Waals surface area contributed by atoms with Crippen LogP contribution in [0.3, 0.4) is 0 Å². The van der Waals surface area contributed by atoms with Crippen molar-refractivity contribution in [2.45, 2.75) is 68.9 Å². The van der Waals surface area contributed by atoms with Crippen molar-refractivity contribution in [3.05, 3.63) is 119 Å². The highest BCUT2D eigenvalue weighted by molar-refractivity contribution is 7.99. The van der Waals surface area contributed by atoms with Crippen LogP contribution in [0.5, 0.6) is 0 Å². The van der Waals surface area contributed by atoms with Crippen molar-refractivity contribution in [1.82, 2.24) is 25.5 Å². The van der Waals surface area contributed by atoms with Gasteiger partial charge in [0.05, 0.1) is 30.2 Å². The predicted molar refractivity (Wildman–Crippen MR) is 200 cm³/mol. The number of nitrogens with two attached hydrogens (primary N) is 1. The van der Waals surface area contributed by atoms with Gasteiger partial charge in [0.15, 0.2) is 6.29 Å². The maximum atomic E-state index is 12.7. The number of ether oxygens (including phenoxy) is 2. The summed E-state index contributed by atoms with van der Waals surface area (Å²) >= 11 is 1.54. The van der Waals surface area contributed by atoms with Gasteiger partial charge in [-0.3, -0.25) is 9.59 Å². The lowest BCUT2D eigenvalue weighted by Crippen LogP contribution is -2.31. The molecule has 6 rings (SSSR count). The monoisotopic (exact) mass is 721 g/mol. The average molecular weight is 722 g/mol. The van der Waals surface area contributed by atoms with Gasteiger partial charge in [-0.05, 0) is 63.2 Å². The van der Waals surface area contributed by atoms with E-state index in [9.17, 15) is 14.7 Å². The Kier molecular flexibility index (Phi) is 12.6. The summed E-state index contributed by atoms with van der Waals surface area (Å²) in [5, 5.41) is 27.9. The molecule has 52 heavy (non-hydrogen) atoms. The van der Waals surface area contributed by atoms with Gasteiger partial charge in [0, 0.05) is 44.2 Å². The summed E-state index contributed by atoms with van der Waals surface area (Å²) in [5.74, 6) is 0.464. The van der Waals surface area contributed by atoms with Crippen LogP contribution in [0.4, 0.5) is 11.4 Å².